The first-order valence-electron chi connectivity index (χ1n) is 7.36. The van der Waals surface area contributed by atoms with Crippen LogP contribution >= 0.6 is 23.1 Å². The van der Waals surface area contributed by atoms with E-state index in [1.165, 1.54) is 11.8 Å². The second-order valence-corrected chi connectivity index (χ2v) is 8.24. The fourth-order valence-electron chi connectivity index (χ4n) is 2.19. The van der Waals surface area contributed by atoms with Gasteiger partial charge in [-0.1, -0.05) is 0 Å². The van der Waals surface area contributed by atoms with Gasteiger partial charge in [0.05, 0.1) is 16.4 Å². The van der Waals surface area contributed by atoms with Crippen LogP contribution in [0.5, 0.6) is 0 Å². The summed E-state index contributed by atoms with van der Waals surface area (Å²) in [6, 6.07) is 0.377. The van der Waals surface area contributed by atoms with Crippen LogP contribution in [0, 0.1) is 13.8 Å². The van der Waals surface area contributed by atoms with Crippen LogP contribution in [-0.2, 0) is 10.5 Å². The Hall–Kier alpha value is -1.34. The molecule has 1 saturated carbocycles. The summed E-state index contributed by atoms with van der Waals surface area (Å²) in [5, 5.41) is 3.54. The average molecular weight is 337 g/mol. The molecule has 0 saturated heterocycles. The van der Waals surface area contributed by atoms with Gasteiger partial charge in [-0.05, 0) is 39.2 Å². The number of rotatable bonds is 5. The number of carbonyl (C=O) groups is 1. The van der Waals surface area contributed by atoms with Gasteiger partial charge in [-0.25, -0.2) is 4.98 Å². The largest absolute Gasteiger partial charge is 0.352 e. The van der Waals surface area contributed by atoms with Gasteiger partial charge in [-0.2, -0.15) is 0 Å². The molecule has 1 aliphatic carbocycles. The van der Waals surface area contributed by atoms with Crippen molar-refractivity contribution >= 4 is 39.2 Å². The van der Waals surface area contributed by atoms with E-state index in [4.69, 9.17) is 0 Å². The van der Waals surface area contributed by atoms with Crippen LogP contribution in [0.15, 0.2) is 4.79 Å². The lowest BCUT2D eigenvalue weighted by molar-refractivity contribution is -0.120. The molecule has 2 heterocycles. The number of carbonyl (C=O) groups excluding carboxylic acids is 1. The molecule has 7 heteroatoms. The zero-order valence-electron chi connectivity index (χ0n) is 12.9. The number of nitrogens with zero attached hydrogens (tertiary/aromatic N) is 1. The highest BCUT2D eigenvalue weighted by Gasteiger charge is 2.25. The third-order valence-corrected chi connectivity index (χ3v) is 6.11. The predicted molar refractivity (Wildman–Crippen MR) is 91.6 cm³/mol. The predicted octanol–water partition coefficient (Wildman–Crippen LogP) is 2.50. The Kier molecular flexibility index (Phi) is 4.27. The lowest BCUT2D eigenvalue weighted by Gasteiger charge is -2.10. The standard InChI is InChI=1S/C15H19N3O2S2/c1-7-8(2)22-15-12(7)14(20)17-11(18-15)6-21-9(3)13(19)16-10-4-5-10/h9-10H,4-6H2,1-3H3,(H,16,19)(H,17,18,20)/t9-/m1/s1. The van der Waals surface area contributed by atoms with Crippen LogP contribution in [-0.4, -0.2) is 27.2 Å². The van der Waals surface area contributed by atoms with E-state index in [1.807, 2.05) is 20.8 Å². The molecule has 5 nitrogen and oxygen atoms in total. The number of fused-ring (bicyclic) bond motifs is 1. The molecule has 2 aromatic heterocycles. The first kappa shape index (κ1) is 15.6. The smallest absolute Gasteiger partial charge is 0.259 e. The molecule has 0 aliphatic heterocycles. The minimum Gasteiger partial charge on any atom is -0.352 e. The second kappa shape index (κ2) is 6.04. The Balaban J connectivity index is 1.71. The number of H-pyrrole nitrogens is 1. The highest BCUT2D eigenvalue weighted by atomic mass is 32.2. The van der Waals surface area contributed by atoms with Crippen LogP contribution in [0.4, 0.5) is 0 Å². The van der Waals surface area contributed by atoms with Gasteiger partial charge in [0, 0.05) is 10.9 Å². The Morgan fingerprint density at radius 2 is 2.23 bits per heavy atom. The van der Waals surface area contributed by atoms with Gasteiger partial charge >= 0.3 is 0 Å². The Morgan fingerprint density at radius 3 is 2.91 bits per heavy atom. The summed E-state index contributed by atoms with van der Waals surface area (Å²) in [7, 11) is 0. The zero-order valence-corrected chi connectivity index (χ0v) is 14.5. The van der Waals surface area contributed by atoms with Gasteiger partial charge in [0.25, 0.3) is 5.56 Å². The first-order valence-corrected chi connectivity index (χ1v) is 9.23. The van der Waals surface area contributed by atoms with E-state index in [0.717, 1.165) is 28.1 Å². The summed E-state index contributed by atoms with van der Waals surface area (Å²) in [5.41, 5.74) is 0.919. The van der Waals surface area contributed by atoms with Gasteiger partial charge in [0.2, 0.25) is 5.91 Å². The third kappa shape index (κ3) is 3.20. The summed E-state index contributed by atoms with van der Waals surface area (Å²) in [5.74, 6) is 1.23. The van der Waals surface area contributed by atoms with E-state index < -0.39 is 0 Å². The SMILES string of the molecule is Cc1sc2nc(CS[C@H](C)C(=O)NC3CC3)[nH]c(=O)c2c1C. The van der Waals surface area contributed by atoms with Crippen molar-refractivity contribution in [3.8, 4) is 0 Å². The summed E-state index contributed by atoms with van der Waals surface area (Å²) < 4.78 is 0. The van der Waals surface area contributed by atoms with E-state index in [-0.39, 0.29) is 16.7 Å². The molecular weight excluding hydrogens is 318 g/mol. The molecule has 1 fully saturated rings. The van der Waals surface area contributed by atoms with Crippen LogP contribution < -0.4 is 10.9 Å². The van der Waals surface area contributed by atoms with Crippen LogP contribution in [0.25, 0.3) is 10.2 Å². The number of nitrogens with one attached hydrogen (secondary N) is 2. The molecule has 3 rings (SSSR count). The Morgan fingerprint density at radius 1 is 1.50 bits per heavy atom. The van der Waals surface area contributed by atoms with E-state index >= 15 is 0 Å². The van der Waals surface area contributed by atoms with E-state index in [0.29, 0.717) is 23.0 Å². The molecule has 0 spiro atoms. The third-order valence-electron chi connectivity index (χ3n) is 3.85. The van der Waals surface area contributed by atoms with Gasteiger partial charge in [0.15, 0.2) is 0 Å². The van der Waals surface area contributed by atoms with Crippen molar-refractivity contribution in [2.75, 3.05) is 0 Å². The number of hydrogen-bond donors (Lipinski definition) is 2. The monoisotopic (exact) mass is 337 g/mol. The number of aromatic amines is 1. The maximum absolute atomic E-state index is 12.2. The fourth-order valence-corrected chi connectivity index (χ4v) is 4.01. The number of aromatic nitrogens is 2. The molecule has 2 N–H and O–H groups in total. The normalized spacial score (nSPS) is 16.0. The Bertz CT molecular complexity index is 777. The number of aryl methyl sites for hydroxylation is 2. The number of hydrogen-bond acceptors (Lipinski definition) is 5. The second-order valence-electron chi connectivity index (χ2n) is 5.71. The molecule has 118 valence electrons. The van der Waals surface area contributed by atoms with Crippen LogP contribution in [0.1, 0.15) is 36.0 Å². The van der Waals surface area contributed by atoms with Crippen molar-refractivity contribution in [3.05, 3.63) is 26.6 Å². The molecule has 2 aromatic rings. The lowest BCUT2D eigenvalue weighted by atomic mass is 10.2. The number of thioether (sulfide) groups is 1. The summed E-state index contributed by atoms with van der Waals surface area (Å²) in [6.07, 6.45) is 2.18. The highest BCUT2D eigenvalue weighted by Crippen LogP contribution is 2.26. The molecule has 0 bridgehead atoms. The topological polar surface area (TPSA) is 74.8 Å². The molecule has 0 aromatic carbocycles. The first-order chi connectivity index (χ1) is 10.5. The molecule has 22 heavy (non-hydrogen) atoms. The molecular formula is C15H19N3O2S2. The summed E-state index contributed by atoms with van der Waals surface area (Å²) in [4.78, 5) is 33.4. The van der Waals surface area contributed by atoms with Crippen LogP contribution in [0.2, 0.25) is 0 Å². The van der Waals surface area contributed by atoms with E-state index in [1.54, 1.807) is 11.3 Å². The maximum Gasteiger partial charge on any atom is 0.259 e. The molecule has 1 atom stereocenters. The lowest BCUT2D eigenvalue weighted by Crippen LogP contribution is -2.32. The van der Waals surface area contributed by atoms with Gasteiger partial charge in [-0.15, -0.1) is 23.1 Å². The minimum atomic E-state index is -0.145. The van der Waals surface area contributed by atoms with E-state index in [9.17, 15) is 9.59 Å². The zero-order chi connectivity index (χ0) is 15.9. The van der Waals surface area contributed by atoms with Crippen LogP contribution in [0.3, 0.4) is 0 Å². The fraction of sp³-hybridized carbons (Fsp3) is 0.533. The average Bonchev–Trinajstić information content (AvgIpc) is 3.22. The van der Waals surface area contributed by atoms with Gasteiger partial charge in [-0.3, -0.25) is 9.59 Å². The Labute approximate surface area is 136 Å². The minimum absolute atomic E-state index is 0.0683. The molecule has 1 amide bonds. The van der Waals surface area contributed by atoms with Crippen molar-refractivity contribution in [2.45, 2.75) is 50.7 Å². The summed E-state index contributed by atoms with van der Waals surface area (Å²) >= 11 is 3.04. The summed E-state index contributed by atoms with van der Waals surface area (Å²) in [6.45, 7) is 5.84. The maximum atomic E-state index is 12.2. The molecule has 0 unspecified atom stereocenters. The number of amides is 1. The van der Waals surface area contributed by atoms with Crippen molar-refractivity contribution < 1.29 is 4.79 Å². The van der Waals surface area contributed by atoms with Crippen molar-refractivity contribution in [3.63, 3.8) is 0 Å². The van der Waals surface area contributed by atoms with Crippen molar-refractivity contribution in [2.24, 2.45) is 0 Å². The quantitative estimate of drug-likeness (QED) is 0.879. The van der Waals surface area contributed by atoms with Gasteiger partial charge < -0.3 is 10.3 Å². The number of thiophene rings is 1. The molecule has 1 aliphatic rings. The van der Waals surface area contributed by atoms with Crippen molar-refractivity contribution in [1.29, 1.82) is 0 Å². The van der Waals surface area contributed by atoms with Gasteiger partial charge in [0.1, 0.15) is 10.7 Å². The van der Waals surface area contributed by atoms with Crippen molar-refractivity contribution in [1.82, 2.24) is 15.3 Å². The molecule has 0 radical (unpaired) electrons. The highest BCUT2D eigenvalue weighted by molar-refractivity contribution is 7.99. The van der Waals surface area contributed by atoms with E-state index in [2.05, 4.69) is 15.3 Å².